The average Bonchev–Trinajstić information content (AvgIpc) is 3.11. The number of nitrogens with zero attached hydrogens (tertiary/aromatic N) is 3. The molecule has 2 heterocycles. The molecule has 2 aliphatic rings. The summed E-state index contributed by atoms with van der Waals surface area (Å²) in [6, 6.07) is 7.07. The van der Waals surface area contributed by atoms with Gasteiger partial charge in [0.25, 0.3) is 5.69 Å². The summed E-state index contributed by atoms with van der Waals surface area (Å²) >= 11 is 0. The summed E-state index contributed by atoms with van der Waals surface area (Å²) in [4.78, 5) is 21.1. The predicted octanol–water partition coefficient (Wildman–Crippen LogP) is 4.81. The summed E-state index contributed by atoms with van der Waals surface area (Å²) in [5.74, 6) is 2.01. The van der Waals surface area contributed by atoms with Gasteiger partial charge < -0.3 is 13.9 Å². The Labute approximate surface area is 187 Å². The first-order valence-corrected chi connectivity index (χ1v) is 10.3. The molecular weight excluding hydrogens is 432 g/mol. The van der Waals surface area contributed by atoms with Gasteiger partial charge in [-0.25, -0.2) is 0 Å². The van der Waals surface area contributed by atoms with Crippen molar-refractivity contribution >= 4 is 33.7 Å². The summed E-state index contributed by atoms with van der Waals surface area (Å²) in [7, 11) is 0. The Kier molecular flexibility index (Phi) is 4.69. The van der Waals surface area contributed by atoms with Crippen molar-refractivity contribution in [3.05, 3.63) is 61.9 Å². The fourth-order valence-electron chi connectivity index (χ4n) is 4.27. The van der Waals surface area contributed by atoms with Crippen molar-refractivity contribution in [2.75, 3.05) is 18.6 Å². The molecule has 1 aliphatic heterocycles. The lowest BCUT2D eigenvalue weighted by atomic mass is 9.75. The summed E-state index contributed by atoms with van der Waals surface area (Å²) in [5.41, 5.74) is 4.00. The number of furan rings is 1. The number of hydrazone groups is 1. The number of ether oxygens (including phenoxy) is 2. The number of hydrogen-bond donors (Lipinski definition) is 1. The molecule has 1 aliphatic carbocycles. The van der Waals surface area contributed by atoms with Crippen LogP contribution in [-0.2, 0) is 6.42 Å². The van der Waals surface area contributed by atoms with Gasteiger partial charge in [-0.1, -0.05) is 13.8 Å². The van der Waals surface area contributed by atoms with Gasteiger partial charge >= 0.3 is 5.69 Å². The molecule has 0 unspecified atom stereocenters. The van der Waals surface area contributed by atoms with E-state index in [9.17, 15) is 20.2 Å². The third-order valence-corrected chi connectivity index (χ3v) is 5.70. The van der Waals surface area contributed by atoms with Crippen LogP contribution in [0.2, 0.25) is 0 Å². The minimum absolute atomic E-state index is 0.0601. The molecular formula is C22H20N4O7. The van der Waals surface area contributed by atoms with Gasteiger partial charge in [0.15, 0.2) is 11.5 Å². The first-order chi connectivity index (χ1) is 15.7. The highest BCUT2D eigenvalue weighted by molar-refractivity contribution is 6.13. The predicted molar refractivity (Wildman–Crippen MR) is 119 cm³/mol. The molecule has 0 fully saturated rings. The van der Waals surface area contributed by atoms with E-state index < -0.39 is 15.5 Å². The molecule has 1 N–H and O–H groups in total. The van der Waals surface area contributed by atoms with E-state index in [1.165, 1.54) is 12.1 Å². The minimum Gasteiger partial charge on any atom is -0.486 e. The van der Waals surface area contributed by atoms with Crippen molar-refractivity contribution in [3.8, 4) is 11.5 Å². The van der Waals surface area contributed by atoms with Gasteiger partial charge in [-0.3, -0.25) is 25.7 Å². The number of benzene rings is 2. The zero-order valence-electron chi connectivity index (χ0n) is 17.9. The van der Waals surface area contributed by atoms with E-state index >= 15 is 0 Å². The number of nitro benzene ring substituents is 2. The third kappa shape index (κ3) is 3.71. The highest BCUT2D eigenvalue weighted by atomic mass is 16.6. The first-order valence-electron chi connectivity index (χ1n) is 10.3. The van der Waals surface area contributed by atoms with E-state index in [4.69, 9.17) is 13.9 Å². The monoisotopic (exact) mass is 452 g/mol. The van der Waals surface area contributed by atoms with Gasteiger partial charge in [-0.15, -0.1) is 0 Å². The molecule has 33 heavy (non-hydrogen) atoms. The van der Waals surface area contributed by atoms with Gasteiger partial charge in [0.05, 0.1) is 21.6 Å². The van der Waals surface area contributed by atoms with Crippen LogP contribution in [0.4, 0.5) is 17.1 Å². The van der Waals surface area contributed by atoms with Crippen LogP contribution in [0.5, 0.6) is 11.5 Å². The fourth-order valence-corrected chi connectivity index (χ4v) is 4.27. The number of nitrogens with one attached hydrogen (secondary N) is 1. The molecule has 11 nitrogen and oxygen atoms in total. The molecule has 0 radical (unpaired) electrons. The van der Waals surface area contributed by atoms with E-state index in [-0.39, 0.29) is 16.8 Å². The maximum atomic E-state index is 11.5. The second-order valence-electron chi connectivity index (χ2n) is 8.80. The number of nitro groups is 2. The van der Waals surface area contributed by atoms with Crippen LogP contribution in [0.3, 0.4) is 0 Å². The summed E-state index contributed by atoms with van der Waals surface area (Å²) in [5, 5.41) is 27.8. The van der Waals surface area contributed by atoms with Crippen LogP contribution in [-0.4, -0.2) is 28.8 Å². The standard InChI is InChI=1S/C22H20N4O7/c1-22(2)10-15(24-23-14-4-3-12(25(27)28)7-16(14)26(29)30)21-13-8-18-19(32-6-5-31-18)9-17(13)33-20(21)11-22/h3-4,7-9,23H,5-6,10-11H2,1-2H3/b24-15-. The van der Waals surface area contributed by atoms with Crippen LogP contribution >= 0.6 is 0 Å². The Bertz CT molecular complexity index is 1340. The average molecular weight is 452 g/mol. The van der Waals surface area contributed by atoms with E-state index in [0.717, 1.165) is 22.8 Å². The zero-order chi connectivity index (χ0) is 23.3. The Hall–Kier alpha value is -4.15. The fraction of sp³-hybridized carbons (Fsp3) is 0.318. The molecule has 0 spiro atoms. The van der Waals surface area contributed by atoms with E-state index in [1.54, 1.807) is 6.07 Å². The van der Waals surface area contributed by atoms with Crippen molar-refractivity contribution in [2.24, 2.45) is 10.5 Å². The quantitative estimate of drug-likeness (QED) is 0.439. The highest BCUT2D eigenvalue weighted by Gasteiger charge is 2.35. The van der Waals surface area contributed by atoms with Crippen LogP contribution in [0.15, 0.2) is 39.9 Å². The largest absolute Gasteiger partial charge is 0.486 e. The van der Waals surface area contributed by atoms with E-state index in [1.807, 2.05) is 6.07 Å². The maximum Gasteiger partial charge on any atom is 0.301 e. The number of fused-ring (bicyclic) bond motifs is 4. The highest BCUT2D eigenvalue weighted by Crippen LogP contribution is 2.44. The Balaban J connectivity index is 1.59. The lowest BCUT2D eigenvalue weighted by Gasteiger charge is -2.29. The molecule has 0 bridgehead atoms. The van der Waals surface area contributed by atoms with Crippen LogP contribution in [0.1, 0.15) is 31.6 Å². The van der Waals surface area contributed by atoms with Gasteiger partial charge in [0.2, 0.25) is 0 Å². The topological polar surface area (TPSA) is 142 Å². The van der Waals surface area contributed by atoms with Gasteiger partial charge in [-0.2, -0.15) is 5.10 Å². The van der Waals surface area contributed by atoms with Gasteiger partial charge in [0.1, 0.15) is 30.2 Å². The molecule has 0 atom stereocenters. The normalized spacial score (nSPS) is 17.6. The van der Waals surface area contributed by atoms with E-state index in [2.05, 4.69) is 24.4 Å². The number of anilines is 1. The Morgan fingerprint density at radius 2 is 1.73 bits per heavy atom. The SMILES string of the molecule is CC1(C)C/C(=N/Nc2ccc([N+](=O)[O-])cc2[N+](=O)[O-])c2c(oc3cc4c(cc23)OCCO4)C1. The summed E-state index contributed by atoms with van der Waals surface area (Å²) < 4.78 is 17.5. The molecule has 11 heteroatoms. The molecule has 0 amide bonds. The van der Waals surface area contributed by atoms with Crippen molar-refractivity contribution in [2.45, 2.75) is 26.7 Å². The lowest BCUT2D eigenvalue weighted by molar-refractivity contribution is -0.393. The number of rotatable bonds is 4. The van der Waals surface area contributed by atoms with E-state index in [0.29, 0.717) is 48.8 Å². The second kappa shape index (κ2) is 7.47. The molecule has 2 aromatic carbocycles. The first kappa shape index (κ1) is 20.7. The van der Waals surface area contributed by atoms with Gasteiger partial charge in [-0.05, 0) is 24.0 Å². The number of non-ortho nitro benzene ring substituents is 1. The number of hydrogen-bond acceptors (Lipinski definition) is 9. The van der Waals surface area contributed by atoms with Crippen molar-refractivity contribution < 1.29 is 23.7 Å². The Morgan fingerprint density at radius 3 is 2.42 bits per heavy atom. The minimum atomic E-state index is -0.678. The van der Waals surface area contributed by atoms with Crippen molar-refractivity contribution in [1.82, 2.24) is 0 Å². The van der Waals surface area contributed by atoms with Crippen LogP contribution < -0.4 is 14.9 Å². The molecule has 5 rings (SSSR count). The Morgan fingerprint density at radius 1 is 1.00 bits per heavy atom. The van der Waals surface area contributed by atoms with Crippen LogP contribution in [0, 0.1) is 25.6 Å². The molecule has 1 aromatic heterocycles. The summed E-state index contributed by atoms with van der Waals surface area (Å²) in [6.45, 7) is 5.10. The van der Waals surface area contributed by atoms with Crippen molar-refractivity contribution in [1.29, 1.82) is 0 Å². The zero-order valence-corrected chi connectivity index (χ0v) is 17.9. The van der Waals surface area contributed by atoms with Gasteiger partial charge in [0, 0.05) is 29.5 Å². The molecule has 3 aromatic rings. The lowest BCUT2D eigenvalue weighted by Crippen LogP contribution is -2.27. The second-order valence-corrected chi connectivity index (χ2v) is 8.80. The molecule has 170 valence electrons. The van der Waals surface area contributed by atoms with Crippen molar-refractivity contribution in [3.63, 3.8) is 0 Å². The smallest absolute Gasteiger partial charge is 0.301 e. The molecule has 0 saturated heterocycles. The summed E-state index contributed by atoms with van der Waals surface area (Å²) in [6.07, 6.45) is 1.29. The van der Waals surface area contributed by atoms with Crippen LogP contribution in [0.25, 0.3) is 11.0 Å². The third-order valence-electron chi connectivity index (χ3n) is 5.70. The molecule has 0 saturated carbocycles. The maximum absolute atomic E-state index is 11.5.